The average molecular weight is 453 g/mol. The average Bonchev–Trinajstić information content (AvgIpc) is 3.08. The van der Waals surface area contributed by atoms with Gasteiger partial charge < -0.3 is 15.0 Å². The molecule has 0 saturated carbocycles. The number of anilines is 1. The summed E-state index contributed by atoms with van der Waals surface area (Å²) >= 11 is 6.50. The third-order valence-corrected chi connectivity index (χ3v) is 5.82. The Morgan fingerprint density at radius 1 is 1.03 bits per heavy atom. The smallest absolute Gasteiger partial charge is 0.260 e. The summed E-state index contributed by atoms with van der Waals surface area (Å²) in [6.45, 7) is 6.54. The Balaban J connectivity index is 1.45. The number of hydrogen-bond donors (Lipinski definition) is 1. The van der Waals surface area contributed by atoms with Gasteiger partial charge >= 0.3 is 0 Å². The number of carbonyl (C=O) groups is 2. The van der Waals surface area contributed by atoms with Crippen LogP contribution in [0.4, 0.5) is 5.69 Å². The van der Waals surface area contributed by atoms with Crippen molar-refractivity contribution in [2.45, 2.75) is 20.4 Å². The zero-order valence-electron chi connectivity index (χ0n) is 18.1. The van der Waals surface area contributed by atoms with Crippen LogP contribution >= 0.6 is 11.6 Å². The largest absolute Gasteiger partial charge is 0.378 e. The van der Waals surface area contributed by atoms with E-state index in [1.165, 1.54) is 5.56 Å². The highest BCUT2D eigenvalue weighted by molar-refractivity contribution is 6.33. The van der Waals surface area contributed by atoms with Gasteiger partial charge in [-0.15, -0.1) is 0 Å². The molecule has 1 fully saturated rings. The van der Waals surface area contributed by atoms with Gasteiger partial charge in [0.1, 0.15) is 5.15 Å². The highest BCUT2D eigenvalue weighted by Crippen LogP contribution is 2.23. The molecule has 1 aliphatic rings. The lowest BCUT2D eigenvalue weighted by Crippen LogP contribution is -2.40. The van der Waals surface area contributed by atoms with Crippen LogP contribution in [0.25, 0.3) is 0 Å². The Hall–Kier alpha value is -3.16. The fraction of sp³-hybridized carbons (Fsp3) is 0.292. The molecular formula is C24H25ClN4O3. The van der Waals surface area contributed by atoms with E-state index in [1.807, 2.05) is 31.2 Å². The number of rotatable bonds is 5. The molecule has 1 saturated heterocycles. The zero-order valence-corrected chi connectivity index (χ0v) is 18.9. The van der Waals surface area contributed by atoms with Gasteiger partial charge in [-0.25, -0.2) is 4.68 Å². The zero-order chi connectivity index (χ0) is 22.7. The van der Waals surface area contributed by atoms with Gasteiger partial charge in [0.15, 0.2) is 0 Å². The minimum absolute atomic E-state index is 0.0394. The van der Waals surface area contributed by atoms with Crippen molar-refractivity contribution in [2.24, 2.45) is 0 Å². The van der Waals surface area contributed by atoms with Crippen molar-refractivity contribution in [1.82, 2.24) is 14.7 Å². The minimum atomic E-state index is -0.338. The molecule has 0 spiro atoms. The van der Waals surface area contributed by atoms with Gasteiger partial charge in [-0.2, -0.15) is 5.10 Å². The van der Waals surface area contributed by atoms with Crippen LogP contribution in [-0.2, 0) is 11.3 Å². The molecule has 8 heteroatoms. The number of ether oxygens (including phenoxy) is 1. The van der Waals surface area contributed by atoms with Crippen LogP contribution < -0.4 is 5.32 Å². The maximum Gasteiger partial charge on any atom is 0.260 e. The van der Waals surface area contributed by atoms with Crippen LogP contribution in [0.2, 0.25) is 5.15 Å². The molecule has 2 aromatic carbocycles. The lowest BCUT2D eigenvalue weighted by Gasteiger charge is -2.26. The maximum absolute atomic E-state index is 12.9. The number of amides is 2. The normalized spacial score (nSPS) is 13.8. The fourth-order valence-corrected chi connectivity index (χ4v) is 3.94. The topological polar surface area (TPSA) is 76.5 Å². The SMILES string of the molecule is Cc1ccc(Cn2nc(C)c(C(=O)Nc3ccc(C(=O)N4CCOCC4)cc3)c2Cl)cc1. The fourth-order valence-electron chi connectivity index (χ4n) is 3.62. The van der Waals surface area contributed by atoms with E-state index in [9.17, 15) is 9.59 Å². The molecule has 0 bridgehead atoms. The first-order chi connectivity index (χ1) is 15.4. The van der Waals surface area contributed by atoms with Crippen molar-refractivity contribution in [3.63, 3.8) is 0 Å². The Morgan fingerprint density at radius 2 is 1.69 bits per heavy atom. The molecule has 0 unspecified atom stereocenters. The molecule has 2 amide bonds. The minimum Gasteiger partial charge on any atom is -0.378 e. The van der Waals surface area contributed by atoms with Gasteiger partial charge in [0.2, 0.25) is 0 Å². The number of carbonyl (C=O) groups excluding carboxylic acids is 2. The summed E-state index contributed by atoms with van der Waals surface area (Å²) in [7, 11) is 0. The second-order valence-corrected chi connectivity index (χ2v) is 8.19. The van der Waals surface area contributed by atoms with Crippen LogP contribution in [0.5, 0.6) is 0 Å². The van der Waals surface area contributed by atoms with Crippen molar-refractivity contribution in [2.75, 3.05) is 31.6 Å². The summed E-state index contributed by atoms with van der Waals surface area (Å²) in [6, 6.07) is 14.9. The quantitative estimate of drug-likeness (QED) is 0.636. The lowest BCUT2D eigenvalue weighted by molar-refractivity contribution is 0.0303. The molecule has 1 aromatic heterocycles. The van der Waals surface area contributed by atoms with E-state index in [4.69, 9.17) is 16.3 Å². The third kappa shape index (κ3) is 4.84. The maximum atomic E-state index is 12.9. The molecule has 3 aromatic rings. The number of aromatic nitrogens is 2. The van der Waals surface area contributed by atoms with Gasteiger partial charge in [-0.1, -0.05) is 41.4 Å². The molecule has 166 valence electrons. The summed E-state index contributed by atoms with van der Waals surface area (Å²) in [4.78, 5) is 27.2. The first-order valence-electron chi connectivity index (χ1n) is 10.5. The molecule has 2 heterocycles. The number of halogens is 1. The van der Waals surface area contributed by atoms with E-state index < -0.39 is 0 Å². The summed E-state index contributed by atoms with van der Waals surface area (Å²) in [5.41, 5.74) is 4.27. The molecule has 1 aliphatic heterocycles. The van der Waals surface area contributed by atoms with Crippen LogP contribution in [0.1, 0.15) is 37.5 Å². The third-order valence-electron chi connectivity index (χ3n) is 5.43. The van der Waals surface area contributed by atoms with E-state index in [0.717, 1.165) is 5.56 Å². The second-order valence-electron chi connectivity index (χ2n) is 7.83. The summed E-state index contributed by atoms with van der Waals surface area (Å²) < 4.78 is 6.92. The summed E-state index contributed by atoms with van der Waals surface area (Å²) in [5, 5.41) is 7.58. The number of morpholine rings is 1. The van der Waals surface area contributed by atoms with Crippen LogP contribution in [0.15, 0.2) is 48.5 Å². The second kappa shape index (κ2) is 9.54. The highest BCUT2D eigenvalue weighted by atomic mass is 35.5. The van der Waals surface area contributed by atoms with E-state index >= 15 is 0 Å². The summed E-state index contributed by atoms with van der Waals surface area (Å²) in [6.07, 6.45) is 0. The number of benzene rings is 2. The van der Waals surface area contributed by atoms with Crippen molar-refractivity contribution in [3.8, 4) is 0 Å². The monoisotopic (exact) mass is 452 g/mol. The van der Waals surface area contributed by atoms with E-state index in [2.05, 4.69) is 10.4 Å². The number of hydrogen-bond acceptors (Lipinski definition) is 4. The molecule has 0 radical (unpaired) electrons. The van der Waals surface area contributed by atoms with Crippen LogP contribution in [0.3, 0.4) is 0 Å². The molecule has 1 N–H and O–H groups in total. The molecule has 7 nitrogen and oxygen atoms in total. The van der Waals surface area contributed by atoms with Gasteiger partial charge in [0, 0.05) is 24.3 Å². The summed E-state index contributed by atoms with van der Waals surface area (Å²) in [5.74, 6) is -0.377. The van der Waals surface area contributed by atoms with E-state index in [1.54, 1.807) is 40.8 Å². The van der Waals surface area contributed by atoms with E-state index in [-0.39, 0.29) is 11.8 Å². The molecule has 0 atom stereocenters. The molecule has 0 aliphatic carbocycles. The predicted molar refractivity (Wildman–Crippen MR) is 123 cm³/mol. The first-order valence-corrected chi connectivity index (χ1v) is 10.9. The Bertz CT molecular complexity index is 1120. The van der Waals surface area contributed by atoms with Gasteiger partial charge in [-0.05, 0) is 43.7 Å². The standard InChI is InChI=1S/C24H25ClN4O3/c1-16-3-5-18(6-4-16)15-29-22(25)21(17(2)27-29)23(30)26-20-9-7-19(8-10-20)24(31)28-11-13-32-14-12-28/h3-10H,11-15H2,1-2H3,(H,26,30). The number of nitrogens with zero attached hydrogens (tertiary/aromatic N) is 3. The van der Waals surface area contributed by atoms with Crippen molar-refractivity contribution in [1.29, 1.82) is 0 Å². The Morgan fingerprint density at radius 3 is 2.34 bits per heavy atom. The molecule has 4 rings (SSSR count). The van der Waals surface area contributed by atoms with Crippen LogP contribution in [0, 0.1) is 13.8 Å². The predicted octanol–water partition coefficient (Wildman–Crippen LogP) is 3.93. The van der Waals surface area contributed by atoms with Crippen molar-refractivity contribution in [3.05, 3.63) is 81.6 Å². The number of nitrogens with one attached hydrogen (secondary N) is 1. The number of aryl methyl sites for hydroxylation is 2. The molecule has 32 heavy (non-hydrogen) atoms. The first kappa shape index (κ1) is 22.0. The highest BCUT2D eigenvalue weighted by Gasteiger charge is 2.21. The Kier molecular flexibility index (Phi) is 6.58. The Labute approximate surface area is 191 Å². The van der Waals surface area contributed by atoms with Gasteiger partial charge in [0.05, 0.1) is 31.0 Å². The van der Waals surface area contributed by atoms with Crippen molar-refractivity contribution < 1.29 is 14.3 Å². The van der Waals surface area contributed by atoms with Crippen LogP contribution in [-0.4, -0.2) is 52.8 Å². The van der Waals surface area contributed by atoms with Crippen molar-refractivity contribution >= 4 is 29.1 Å². The van der Waals surface area contributed by atoms with E-state index in [0.29, 0.717) is 60.5 Å². The lowest BCUT2D eigenvalue weighted by atomic mass is 10.1. The van der Waals surface area contributed by atoms with Gasteiger partial charge in [-0.3, -0.25) is 9.59 Å². The van der Waals surface area contributed by atoms with Gasteiger partial charge in [0.25, 0.3) is 11.8 Å². The molecular weight excluding hydrogens is 428 g/mol.